The zero-order chi connectivity index (χ0) is 13.4. The second kappa shape index (κ2) is 5.16. The summed E-state index contributed by atoms with van der Waals surface area (Å²) in [5.41, 5.74) is 9.48. The van der Waals surface area contributed by atoms with Crippen molar-refractivity contribution in [3.05, 3.63) is 45.7 Å². The van der Waals surface area contributed by atoms with Gasteiger partial charge in [-0.25, -0.2) is 4.68 Å². The fourth-order valence-corrected chi connectivity index (χ4v) is 2.89. The lowest BCUT2D eigenvalue weighted by atomic mass is 10.1. The molecule has 1 aliphatic carbocycles. The third-order valence-electron chi connectivity index (χ3n) is 3.63. The molecular formula is C14H15Cl2N3. The van der Waals surface area contributed by atoms with Crippen molar-refractivity contribution < 1.29 is 0 Å². The van der Waals surface area contributed by atoms with Crippen LogP contribution in [0.15, 0.2) is 24.4 Å². The topological polar surface area (TPSA) is 43.8 Å². The molecule has 0 spiro atoms. The Hall–Kier alpha value is -1.03. The van der Waals surface area contributed by atoms with Gasteiger partial charge in [-0.2, -0.15) is 5.10 Å². The molecule has 100 valence electrons. The number of hydrogen-bond donors (Lipinski definition) is 1. The van der Waals surface area contributed by atoms with Crippen molar-refractivity contribution >= 4 is 23.2 Å². The van der Waals surface area contributed by atoms with E-state index in [9.17, 15) is 0 Å². The zero-order valence-electron chi connectivity index (χ0n) is 10.4. The predicted molar refractivity (Wildman–Crippen MR) is 78.1 cm³/mol. The lowest BCUT2D eigenvalue weighted by Crippen LogP contribution is -2.10. The van der Waals surface area contributed by atoms with Gasteiger partial charge < -0.3 is 5.73 Å². The Morgan fingerprint density at radius 3 is 2.84 bits per heavy atom. The number of fused-ring (bicyclic) bond motifs is 1. The number of hydrogen-bond acceptors (Lipinski definition) is 2. The minimum atomic E-state index is 0.0917. The van der Waals surface area contributed by atoms with Crippen molar-refractivity contribution in [1.29, 1.82) is 0 Å². The highest BCUT2D eigenvalue weighted by Crippen LogP contribution is 2.30. The van der Waals surface area contributed by atoms with Gasteiger partial charge in [0.1, 0.15) is 0 Å². The maximum Gasteiger partial charge on any atom is 0.0664 e. The van der Waals surface area contributed by atoms with Gasteiger partial charge >= 0.3 is 0 Å². The van der Waals surface area contributed by atoms with Gasteiger partial charge in [0.15, 0.2) is 0 Å². The van der Waals surface area contributed by atoms with E-state index in [1.54, 1.807) is 6.07 Å². The normalized spacial score (nSPS) is 19.0. The molecular weight excluding hydrogens is 281 g/mol. The Morgan fingerprint density at radius 2 is 2.05 bits per heavy atom. The summed E-state index contributed by atoms with van der Waals surface area (Å²) in [6.45, 7) is 0. The lowest BCUT2D eigenvalue weighted by Gasteiger charge is -2.10. The van der Waals surface area contributed by atoms with E-state index in [0.717, 1.165) is 36.9 Å². The van der Waals surface area contributed by atoms with E-state index in [0.29, 0.717) is 10.0 Å². The summed E-state index contributed by atoms with van der Waals surface area (Å²) in [6.07, 6.45) is 6.22. The average molecular weight is 296 g/mol. The molecule has 19 heavy (non-hydrogen) atoms. The third-order valence-corrected chi connectivity index (χ3v) is 4.37. The Balaban J connectivity index is 2.08. The maximum absolute atomic E-state index is 6.19. The minimum Gasteiger partial charge on any atom is -0.324 e. The first-order valence-corrected chi connectivity index (χ1v) is 7.20. The molecule has 1 aliphatic rings. The molecule has 2 aromatic rings. The second-order valence-electron chi connectivity index (χ2n) is 4.91. The first-order valence-electron chi connectivity index (χ1n) is 6.44. The standard InChI is InChI=1S/C14H15Cl2N3/c15-11-6-5-9(7-12(11)16)19-14-4-2-1-3-13(17)10(14)8-18-19/h5-8,13H,1-4,17H2. The number of aromatic nitrogens is 2. The Morgan fingerprint density at radius 1 is 1.21 bits per heavy atom. The smallest absolute Gasteiger partial charge is 0.0664 e. The molecule has 3 nitrogen and oxygen atoms in total. The van der Waals surface area contributed by atoms with E-state index in [1.165, 1.54) is 5.69 Å². The van der Waals surface area contributed by atoms with Crippen molar-refractivity contribution in [2.75, 3.05) is 0 Å². The number of halogens is 2. The van der Waals surface area contributed by atoms with Gasteiger partial charge in [-0.3, -0.25) is 0 Å². The predicted octanol–water partition coefficient (Wildman–Crippen LogP) is 3.91. The first-order chi connectivity index (χ1) is 9.16. The van der Waals surface area contributed by atoms with Gasteiger partial charge in [0, 0.05) is 17.3 Å². The van der Waals surface area contributed by atoms with Gasteiger partial charge in [-0.15, -0.1) is 0 Å². The molecule has 0 saturated carbocycles. The molecule has 0 fully saturated rings. The number of nitrogens with zero attached hydrogens (tertiary/aromatic N) is 2. The highest BCUT2D eigenvalue weighted by Gasteiger charge is 2.20. The molecule has 0 saturated heterocycles. The lowest BCUT2D eigenvalue weighted by molar-refractivity contribution is 0.611. The van der Waals surface area contributed by atoms with Gasteiger partial charge in [0.2, 0.25) is 0 Å². The van der Waals surface area contributed by atoms with Crippen LogP contribution in [-0.4, -0.2) is 9.78 Å². The monoisotopic (exact) mass is 295 g/mol. The first kappa shape index (κ1) is 13.0. The summed E-state index contributed by atoms with van der Waals surface area (Å²) in [4.78, 5) is 0. The molecule has 1 aromatic heterocycles. The number of nitrogens with two attached hydrogens (primary N) is 1. The van der Waals surface area contributed by atoms with E-state index in [4.69, 9.17) is 28.9 Å². The molecule has 0 radical (unpaired) electrons. The van der Waals surface area contributed by atoms with Crippen molar-refractivity contribution in [2.24, 2.45) is 5.73 Å². The highest BCUT2D eigenvalue weighted by molar-refractivity contribution is 6.42. The van der Waals surface area contributed by atoms with Gasteiger partial charge in [0.05, 0.1) is 21.9 Å². The second-order valence-corrected chi connectivity index (χ2v) is 5.72. The molecule has 2 N–H and O–H groups in total. The van der Waals surface area contributed by atoms with E-state index in [-0.39, 0.29) is 6.04 Å². The number of rotatable bonds is 1. The summed E-state index contributed by atoms with van der Waals surface area (Å²) in [5, 5.41) is 5.56. The largest absolute Gasteiger partial charge is 0.324 e. The molecule has 5 heteroatoms. The summed E-state index contributed by atoms with van der Waals surface area (Å²) >= 11 is 12.0. The highest BCUT2D eigenvalue weighted by atomic mass is 35.5. The van der Waals surface area contributed by atoms with Crippen LogP contribution in [0.2, 0.25) is 10.0 Å². The summed E-state index contributed by atoms with van der Waals surface area (Å²) < 4.78 is 1.93. The van der Waals surface area contributed by atoms with Crippen LogP contribution in [0.25, 0.3) is 5.69 Å². The average Bonchev–Trinajstić information content (AvgIpc) is 2.73. The zero-order valence-corrected chi connectivity index (χ0v) is 12.0. The van der Waals surface area contributed by atoms with Crippen molar-refractivity contribution in [3.63, 3.8) is 0 Å². The van der Waals surface area contributed by atoms with Gasteiger partial charge in [-0.05, 0) is 37.5 Å². The van der Waals surface area contributed by atoms with Crippen LogP contribution < -0.4 is 5.73 Å². The van der Waals surface area contributed by atoms with E-state index >= 15 is 0 Å². The molecule has 0 amide bonds. The van der Waals surface area contributed by atoms with Crippen molar-refractivity contribution in [2.45, 2.75) is 31.7 Å². The Bertz CT molecular complexity index is 607. The summed E-state index contributed by atoms with van der Waals surface area (Å²) in [6, 6.07) is 5.66. The van der Waals surface area contributed by atoms with Crippen LogP contribution in [0.3, 0.4) is 0 Å². The Labute approximate surface area is 122 Å². The summed E-state index contributed by atoms with van der Waals surface area (Å²) in [5.74, 6) is 0. The van der Waals surface area contributed by atoms with E-state index < -0.39 is 0 Å². The quantitative estimate of drug-likeness (QED) is 0.811. The molecule has 1 aromatic carbocycles. The summed E-state index contributed by atoms with van der Waals surface area (Å²) in [7, 11) is 0. The number of benzene rings is 1. The van der Waals surface area contributed by atoms with E-state index in [2.05, 4.69) is 5.10 Å². The van der Waals surface area contributed by atoms with Crippen molar-refractivity contribution in [3.8, 4) is 5.69 Å². The molecule has 0 aliphatic heterocycles. The minimum absolute atomic E-state index is 0.0917. The molecule has 0 bridgehead atoms. The fourth-order valence-electron chi connectivity index (χ4n) is 2.60. The Kier molecular flexibility index (Phi) is 3.52. The van der Waals surface area contributed by atoms with Gasteiger partial charge in [-0.1, -0.05) is 29.6 Å². The molecule has 3 rings (SSSR count). The van der Waals surface area contributed by atoms with Crippen molar-refractivity contribution in [1.82, 2.24) is 9.78 Å². The molecule has 1 atom stereocenters. The molecule has 1 heterocycles. The van der Waals surface area contributed by atoms with Gasteiger partial charge in [0.25, 0.3) is 0 Å². The van der Waals surface area contributed by atoms with Crippen LogP contribution in [-0.2, 0) is 6.42 Å². The third kappa shape index (κ3) is 2.38. The van der Waals surface area contributed by atoms with Crippen LogP contribution >= 0.6 is 23.2 Å². The van der Waals surface area contributed by atoms with E-state index in [1.807, 2.05) is 23.0 Å². The van der Waals surface area contributed by atoms with Crippen LogP contribution in [0.5, 0.6) is 0 Å². The maximum atomic E-state index is 6.19. The fraction of sp³-hybridized carbons (Fsp3) is 0.357. The van der Waals surface area contributed by atoms with Crippen LogP contribution in [0, 0.1) is 0 Å². The molecule has 1 unspecified atom stereocenters. The van der Waals surface area contributed by atoms with Crippen LogP contribution in [0.4, 0.5) is 0 Å². The SMILES string of the molecule is NC1CCCCc2c1cnn2-c1ccc(Cl)c(Cl)c1. The van der Waals surface area contributed by atoms with Crippen LogP contribution in [0.1, 0.15) is 36.6 Å².